The number of benzene rings is 2. The lowest BCUT2D eigenvalue weighted by molar-refractivity contribution is 0.102. The summed E-state index contributed by atoms with van der Waals surface area (Å²) in [6, 6.07) is 17.6. The van der Waals surface area contributed by atoms with Gasteiger partial charge in [-0.2, -0.15) is 0 Å². The summed E-state index contributed by atoms with van der Waals surface area (Å²) in [7, 11) is 2.16. The van der Waals surface area contributed by atoms with Crippen LogP contribution in [0.25, 0.3) is 0 Å². The summed E-state index contributed by atoms with van der Waals surface area (Å²) >= 11 is 0. The van der Waals surface area contributed by atoms with Crippen LogP contribution in [0.15, 0.2) is 67.0 Å². The van der Waals surface area contributed by atoms with E-state index in [1.165, 1.54) is 5.56 Å². The Labute approximate surface area is 183 Å². The van der Waals surface area contributed by atoms with Gasteiger partial charge in [0.1, 0.15) is 0 Å². The molecule has 31 heavy (non-hydrogen) atoms. The Hall–Kier alpha value is -3.22. The van der Waals surface area contributed by atoms with Crippen molar-refractivity contribution in [3.8, 4) is 0 Å². The molecule has 3 aromatic rings. The molecule has 1 aromatic heterocycles. The molecule has 1 amide bonds. The van der Waals surface area contributed by atoms with Crippen LogP contribution in [-0.4, -0.2) is 53.9 Å². The molecule has 0 saturated carbocycles. The van der Waals surface area contributed by atoms with Crippen LogP contribution in [0.2, 0.25) is 0 Å². The zero-order valence-corrected chi connectivity index (χ0v) is 18.1. The molecule has 0 spiro atoms. The van der Waals surface area contributed by atoms with Crippen molar-refractivity contribution in [3.63, 3.8) is 0 Å². The van der Waals surface area contributed by atoms with Crippen LogP contribution in [0.3, 0.4) is 0 Å². The number of aromatic nitrogens is 1. The van der Waals surface area contributed by atoms with E-state index in [0.29, 0.717) is 5.56 Å². The minimum absolute atomic E-state index is 0.109. The van der Waals surface area contributed by atoms with E-state index >= 15 is 0 Å². The minimum atomic E-state index is -0.109. The Morgan fingerprint density at radius 3 is 2.48 bits per heavy atom. The number of carbonyl (C=O) groups excluding carboxylic acids is 1. The second-order valence-electron chi connectivity index (χ2n) is 8.13. The molecule has 0 unspecified atom stereocenters. The zero-order valence-electron chi connectivity index (χ0n) is 18.1. The normalized spacial score (nSPS) is 14.9. The summed E-state index contributed by atoms with van der Waals surface area (Å²) in [4.78, 5) is 21.7. The SMILES string of the molecule is Cc1ccc(NC(=O)c2ccc(CN3CCN(C)CC3)cc2)cc1Nc1cccnc1. The smallest absolute Gasteiger partial charge is 0.255 e. The van der Waals surface area contributed by atoms with Crippen LogP contribution < -0.4 is 10.6 Å². The number of piperazine rings is 1. The summed E-state index contributed by atoms with van der Waals surface area (Å²) in [6.07, 6.45) is 3.51. The van der Waals surface area contributed by atoms with Crippen molar-refractivity contribution in [3.05, 3.63) is 83.7 Å². The van der Waals surface area contributed by atoms with Gasteiger partial charge in [-0.1, -0.05) is 18.2 Å². The highest BCUT2D eigenvalue weighted by Gasteiger charge is 2.14. The van der Waals surface area contributed by atoms with Gasteiger partial charge in [0.15, 0.2) is 0 Å². The number of nitrogens with zero attached hydrogens (tertiary/aromatic N) is 3. The first-order valence-electron chi connectivity index (χ1n) is 10.7. The molecule has 160 valence electrons. The Bertz CT molecular complexity index is 1010. The fourth-order valence-corrected chi connectivity index (χ4v) is 3.66. The number of pyridine rings is 1. The van der Waals surface area contributed by atoms with Crippen LogP contribution in [0, 0.1) is 6.92 Å². The number of carbonyl (C=O) groups is 1. The monoisotopic (exact) mass is 415 g/mol. The molecule has 0 bridgehead atoms. The van der Waals surface area contributed by atoms with E-state index < -0.39 is 0 Å². The lowest BCUT2D eigenvalue weighted by Crippen LogP contribution is -2.43. The molecular formula is C25H29N5O. The third-order valence-corrected chi connectivity index (χ3v) is 5.65. The van der Waals surface area contributed by atoms with Gasteiger partial charge in [0, 0.05) is 55.9 Å². The number of hydrogen-bond acceptors (Lipinski definition) is 5. The van der Waals surface area contributed by atoms with Crippen molar-refractivity contribution in [1.82, 2.24) is 14.8 Å². The topological polar surface area (TPSA) is 60.5 Å². The fourth-order valence-electron chi connectivity index (χ4n) is 3.66. The third kappa shape index (κ3) is 5.69. The van der Waals surface area contributed by atoms with Gasteiger partial charge in [-0.15, -0.1) is 0 Å². The molecule has 2 N–H and O–H groups in total. The first kappa shape index (κ1) is 21.0. The van der Waals surface area contributed by atoms with E-state index in [0.717, 1.165) is 55.3 Å². The van der Waals surface area contributed by atoms with E-state index in [1.807, 2.05) is 49.4 Å². The van der Waals surface area contributed by atoms with Crippen molar-refractivity contribution in [2.24, 2.45) is 0 Å². The van der Waals surface area contributed by atoms with Gasteiger partial charge in [0.05, 0.1) is 11.9 Å². The minimum Gasteiger partial charge on any atom is -0.354 e. The van der Waals surface area contributed by atoms with Gasteiger partial charge in [-0.05, 0) is 61.5 Å². The number of aryl methyl sites for hydroxylation is 1. The lowest BCUT2D eigenvalue weighted by atomic mass is 10.1. The molecule has 1 saturated heterocycles. The molecule has 4 rings (SSSR count). The Kier molecular flexibility index (Phi) is 6.60. The van der Waals surface area contributed by atoms with Gasteiger partial charge >= 0.3 is 0 Å². The van der Waals surface area contributed by atoms with E-state index in [4.69, 9.17) is 0 Å². The van der Waals surface area contributed by atoms with Gasteiger partial charge in [-0.3, -0.25) is 14.7 Å². The second kappa shape index (κ2) is 9.73. The number of amides is 1. The quantitative estimate of drug-likeness (QED) is 0.634. The number of anilines is 3. The van der Waals surface area contributed by atoms with Crippen molar-refractivity contribution in [2.75, 3.05) is 43.9 Å². The Morgan fingerprint density at radius 1 is 1.00 bits per heavy atom. The van der Waals surface area contributed by atoms with E-state index in [2.05, 4.69) is 44.6 Å². The molecule has 2 heterocycles. The van der Waals surface area contributed by atoms with Gasteiger partial charge < -0.3 is 15.5 Å². The molecule has 0 aliphatic carbocycles. The number of likely N-dealkylation sites (N-methyl/N-ethyl adjacent to an activating group) is 1. The molecule has 6 heteroatoms. The van der Waals surface area contributed by atoms with E-state index in [1.54, 1.807) is 12.4 Å². The average molecular weight is 416 g/mol. The molecule has 2 aromatic carbocycles. The second-order valence-corrected chi connectivity index (χ2v) is 8.13. The maximum absolute atomic E-state index is 12.7. The van der Waals surface area contributed by atoms with Crippen molar-refractivity contribution < 1.29 is 4.79 Å². The molecule has 1 aliphatic rings. The predicted octanol–water partition coefficient (Wildman–Crippen LogP) is 4.13. The molecule has 6 nitrogen and oxygen atoms in total. The summed E-state index contributed by atoms with van der Waals surface area (Å²) in [5, 5.41) is 6.36. The number of nitrogens with one attached hydrogen (secondary N) is 2. The predicted molar refractivity (Wildman–Crippen MR) is 126 cm³/mol. The van der Waals surface area contributed by atoms with Crippen LogP contribution in [-0.2, 0) is 6.54 Å². The molecule has 1 fully saturated rings. The fraction of sp³-hybridized carbons (Fsp3) is 0.280. The molecular weight excluding hydrogens is 386 g/mol. The summed E-state index contributed by atoms with van der Waals surface area (Å²) in [5.74, 6) is -0.109. The maximum Gasteiger partial charge on any atom is 0.255 e. The largest absolute Gasteiger partial charge is 0.354 e. The molecule has 0 radical (unpaired) electrons. The number of rotatable bonds is 6. The first-order chi connectivity index (χ1) is 15.1. The van der Waals surface area contributed by atoms with Crippen LogP contribution >= 0.6 is 0 Å². The summed E-state index contributed by atoms with van der Waals surface area (Å²) in [5.41, 5.74) is 5.58. The van der Waals surface area contributed by atoms with E-state index in [-0.39, 0.29) is 5.91 Å². The lowest BCUT2D eigenvalue weighted by Gasteiger charge is -2.32. The standard InChI is InChI=1S/C25H29N5O/c1-19-5-10-22(16-24(19)27-23-4-3-11-26-17-23)28-25(31)21-8-6-20(7-9-21)18-30-14-12-29(2)13-15-30/h3-11,16-17,27H,12-15,18H2,1-2H3,(H,28,31). The maximum atomic E-state index is 12.7. The van der Waals surface area contributed by atoms with Crippen LogP contribution in [0.1, 0.15) is 21.5 Å². The third-order valence-electron chi connectivity index (χ3n) is 5.65. The highest BCUT2D eigenvalue weighted by Crippen LogP contribution is 2.24. The summed E-state index contributed by atoms with van der Waals surface area (Å²) < 4.78 is 0. The Balaban J connectivity index is 1.38. The van der Waals surface area contributed by atoms with Gasteiger partial charge in [-0.25, -0.2) is 0 Å². The number of hydrogen-bond donors (Lipinski definition) is 2. The first-order valence-corrected chi connectivity index (χ1v) is 10.7. The zero-order chi connectivity index (χ0) is 21.6. The van der Waals surface area contributed by atoms with Gasteiger partial charge in [0.2, 0.25) is 0 Å². The van der Waals surface area contributed by atoms with Crippen molar-refractivity contribution in [1.29, 1.82) is 0 Å². The van der Waals surface area contributed by atoms with Crippen LogP contribution in [0.5, 0.6) is 0 Å². The molecule has 0 atom stereocenters. The average Bonchev–Trinajstić information content (AvgIpc) is 2.79. The van der Waals surface area contributed by atoms with Crippen LogP contribution in [0.4, 0.5) is 17.1 Å². The van der Waals surface area contributed by atoms with E-state index in [9.17, 15) is 4.79 Å². The van der Waals surface area contributed by atoms with Crippen molar-refractivity contribution >= 4 is 23.0 Å². The van der Waals surface area contributed by atoms with Crippen molar-refractivity contribution in [2.45, 2.75) is 13.5 Å². The summed E-state index contributed by atoms with van der Waals surface area (Å²) in [6.45, 7) is 7.34. The highest BCUT2D eigenvalue weighted by molar-refractivity contribution is 6.04. The Morgan fingerprint density at radius 2 is 1.77 bits per heavy atom. The highest BCUT2D eigenvalue weighted by atomic mass is 16.1. The van der Waals surface area contributed by atoms with Gasteiger partial charge in [0.25, 0.3) is 5.91 Å². The molecule has 1 aliphatic heterocycles.